The van der Waals surface area contributed by atoms with Gasteiger partial charge in [-0.25, -0.2) is 0 Å². The molecule has 0 radical (unpaired) electrons. The molecule has 2 rings (SSSR count). The van der Waals surface area contributed by atoms with Gasteiger partial charge in [-0.15, -0.1) is 0 Å². The zero-order valence-corrected chi connectivity index (χ0v) is 12.0. The van der Waals surface area contributed by atoms with E-state index in [0.29, 0.717) is 0 Å². The largest absolute Gasteiger partial charge is 0.386 e. The molecular formula is C15H22OSi. The average Bonchev–Trinajstić information content (AvgIpc) is 2.59. The highest BCUT2D eigenvalue weighted by Crippen LogP contribution is 2.35. The fourth-order valence-corrected chi connectivity index (χ4v) is 5.21. The Hall–Kier alpha value is -0.863. The molecule has 0 heterocycles. The van der Waals surface area contributed by atoms with E-state index in [1.54, 1.807) is 0 Å². The van der Waals surface area contributed by atoms with E-state index in [1.165, 1.54) is 10.8 Å². The standard InChI is InChI=1S/C15H22OSi/c1-15(16)11-7-8-13(15)12-17(2,3)14-9-5-4-6-10-14/h4-6,9-10,12,16H,7-8,11H2,1-3H3/b13-12-. The summed E-state index contributed by atoms with van der Waals surface area (Å²) in [5.74, 6) is 0. The van der Waals surface area contributed by atoms with Crippen LogP contribution in [0.4, 0.5) is 0 Å². The summed E-state index contributed by atoms with van der Waals surface area (Å²) < 4.78 is 0. The zero-order valence-electron chi connectivity index (χ0n) is 11.0. The quantitative estimate of drug-likeness (QED) is 0.795. The summed E-state index contributed by atoms with van der Waals surface area (Å²) >= 11 is 0. The first-order chi connectivity index (χ1) is 7.92. The predicted octanol–water partition coefficient (Wildman–Crippen LogP) is 3.00. The number of hydrogen-bond acceptors (Lipinski definition) is 1. The molecule has 1 nitrogen and oxygen atoms in total. The van der Waals surface area contributed by atoms with Gasteiger partial charge in [0.15, 0.2) is 0 Å². The van der Waals surface area contributed by atoms with Crippen LogP contribution in [0.15, 0.2) is 41.6 Å². The molecule has 0 aliphatic heterocycles. The summed E-state index contributed by atoms with van der Waals surface area (Å²) in [4.78, 5) is 0. The first-order valence-electron chi connectivity index (χ1n) is 6.42. The van der Waals surface area contributed by atoms with Gasteiger partial charge >= 0.3 is 0 Å². The first-order valence-corrected chi connectivity index (χ1v) is 9.50. The third-order valence-electron chi connectivity index (χ3n) is 3.85. The minimum atomic E-state index is -1.56. The molecule has 1 atom stereocenters. The van der Waals surface area contributed by atoms with Crippen LogP contribution in [0.5, 0.6) is 0 Å². The Morgan fingerprint density at radius 1 is 1.24 bits per heavy atom. The normalized spacial score (nSPS) is 27.6. The molecule has 0 aromatic heterocycles. The first kappa shape index (κ1) is 12.6. The van der Waals surface area contributed by atoms with Crippen molar-refractivity contribution in [3.63, 3.8) is 0 Å². The molecule has 17 heavy (non-hydrogen) atoms. The van der Waals surface area contributed by atoms with Crippen LogP contribution in [-0.4, -0.2) is 18.8 Å². The van der Waals surface area contributed by atoms with Crippen molar-refractivity contribution in [2.45, 2.75) is 44.9 Å². The van der Waals surface area contributed by atoms with E-state index in [4.69, 9.17) is 0 Å². The van der Waals surface area contributed by atoms with Crippen LogP contribution in [0.25, 0.3) is 0 Å². The van der Waals surface area contributed by atoms with Crippen molar-refractivity contribution in [2.24, 2.45) is 0 Å². The van der Waals surface area contributed by atoms with Gasteiger partial charge in [-0.3, -0.25) is 0 Å². The zero-order chi connectivity index (χ0) is 12.5. The molecular weight excluding hydrogens is 224 g/mol. The van der Waals surface area contributed by atoms with E-state index in [-0.39, 0.29) is 0 Å². The Bertz CT molecular complexity index is 418. The molecule has 1 fully saturated rings. The third kappa shape index (κ3) is 2.69. The summed E-state index contributed by atoms with van der Waals surface area (Å²) in [6, 6.07) is 10.7. The van der Waals surface area contributed by atoms with Gasteiger partial charge in [0.05, 0.1) is 5.60 Å². The Balaban J connectivity index is 2.32. The molecule has 1 aromatic rings. The summed E-state index contributed by atoms with van der Waals surface area (Å²) in [7, 11) is -1.56. The van der Waals surface area contributed by atoms with Gasteiger partial charge in [-0.05, 0) is 31.8 Å². The second-order valence-corrected chi connectivity index (χ2v) is 10.2. The van der Waals surface area contributed by atoms with Crippen molar-refractivity contribution in [2.75, 3.05) is 0 Å². The van der Waals surface area contributed by atoms with E-state index in [2.05, 4.69) is 49.1 Å². The molecule has 1 unspecified atom stereocenters. The number of rotatable bonds is 2. The van der Waals surface area contributed by atoms with Gasteiger partial charge in [-0.1, -0.05) is 54.3 Å². The highest BCUT2D eigenvalue weighted by molar-refractivity contribution is 6.94. The van der Waals surface area contributed by atoms with Crippen LogP contribution < -0.4 is 5.19 Å². The van der Waals surface area contributed by atoms with Crippen molar-refractivity contribution in [3.05, 3.63) is 41.6 Å². The molecule has 1 aliphatic carbocycles. The van der Waals surface area contributed by atoms with Crippen LogP contribution in [0.3, 0.4) is 0 Å². The Morgan fingerprint density at radius 3 is 2.41 bits per heavy atom. The topological polar surface area (TPSA) is 20.2 Å². The smallest absolute Gasteiger partial charge is 0.104 e. The molecule has 1 aliphatic rings. The third-order valence-corrected chi connectivity index (χ3v) is 6.75. The van der Waals surface area contributed by atoms with Gasteiger partial charge in [0.2, 0.25) is 0 Å². The number of aliphatic hydroxyl groups is 1. The van der Waals surface area contributed by atoms with Crippen molar-refractivity contribution < 1.29 is 5.11 Å². The molecule has 0 bridgehead atoms. The van der Waals surface area contributed by atoms with E-state index in [1.807, 2.05) is 6.92 Å². The lowest BCUT2D eigenvalue weighted by atomic mass is 10.0. The second kappa shape index (κ2) is 4.43. The van der Waals surface area contributed by atoms with Crippen molar-refractivity contribution in [1.29, 1.82) is 0 Å². The lowest BCUT2D eigenvalue weighted by Gasteiger charge is -2.25. The molecule has 2 heteroatoms. The van der Waals surface area contributed by atoms with Gasteiger partial charge < -0.3 is 5.11 Å². The minimum Gasteiger partial charge on any atom is -0.386 e. The van der Waals surface area contributed by atoms with Gasteiger partial charge in [0, 0.05) is 0 Å². The average molecular weight is 246 g/mol. The van der Waals surface area contributed by atoms with Crippen LogP contribution >= 0.6 is 0 Å². The van der Waals surface area contributed by atoms with Gasteiger partial charge in [0.25, 0.3) is 0 Å². The van der Waals surface area contributed by atoms with Crippen molar-refractivity contribution in [1.82, 2.24) is 0 Å². The Labute approximate surface area is 105 Å². The van der Waals surface area contributed by atoms with E-state index < -0.39 is 13.7 Å². The second-order valence-electron chi connectivity index (χ2n) is 5.88. The molecule has 0 amide bonds. The van der Waals surface area contributed by atoms with E-state index >= 15 is 0 Å². The van der Waals surface area contributed by atoms with Crippen molar-refractivity contribution in [3.8, 4) is 0 Å². The fourth-order valence-electron chi connectivity index (χ4n) is 2.67. The predicted molar refractivity (Wildman–Crippen MR) is 76.1 cm³/mol. The van der Waals surface area contributed by atoms with Gasteiger partial charge in [0.1, 0.15) is 8.07 Å². The van der Waals surface area contributed by atoms with E-state index in [9.17, 15) is 5.11 Å². The maximum atomic E-state index is 10.3. The van der Waals surface area contributed by atoms with Crippen molar-refractivity contribution >= 4 is 13.3 Å². The van der Waals surface area contributed by atoms with E-state index in [0.717, 1.165) is 19.3 Å². The van der Waals surface area contributed by atoms with Crippen LogP contribution in [-0.2, 0) is 0 Å². The van der Waals surface area contributed by atoms with Crippen LogP contribution in [0.2, 0.25) is 13.1 Å². The molecule has 92 valence electrons. The molecule has 0 saturated heterocycles. The highest BCUT2D eigenvalue weighted by atomic mass is 28.3. The number of hydrogen-bond donors (Lipinski definition) is 1. The molecule has 1 saturated carbocycles. The summed E-state index contributed by atoms with van der Waals surface area (Å²) in [5, 5.41) is 11.8. The van der Waals surface area contributed by atoms with Crippen LogP contribution in [0.1, 0.15) is 26.2 Å². The minimum absolute atomic E-state index is 0.556. The molecule has 0 spiro atoms. The molecule has 1 aromatic carbocycles. The molecule has 1 N–H and O–H groups in total. The van der Waals surface area contributed by atoms with Gasteiger partial charge in [-0.2, -0.15) is 0 Å². The highest BCUT2D eigenvalue weighted by Gasteiger charge is 2.33. The summed E-state index contributed by atoms with van der Waals surface area (Å²) in [5.41, 5.74) is 3.10. The SMILES string of the molecule is CC1(O)CCC/C1=C/[Si](C)(C)c1ccccc1. The van der Waals surface area contributed by atoms with Crippen LogP contribution in [0, 0.1) is 0 Å². The lowest BCUT2D eigenvalue weighted by molar-refractivity contribution is 0.106. The Kier molecular flexibility index (Phi) is 3.28. The Morgan fingerprint density at radius 2 is 1.88 bits per heavy atom. The number of benzene rings is 1. The lowest BCUT2D eigenvalue weighted by Crippen LogP contribution is -2.41. The summed E-state index contributed by atoms with van der Waals surface area (Å²) in [6.07, 6.45) is 3.10. The summed E-state index contributed by atoms with van der Waals surface area (Å²) in [6.45, 7) is 6.66. The monoisotopic (exact) mass is 246 g/mol. The maximum absolute atomic E-state index is 10.3. The maximum Gasteiger partial charge on any atom is 0.104 e. The fraction of sp³-hybridized carbons (Fsp3) is 0.467.